The predicted octanol–water partition coefficient (Wildman–Crippen LogP) is 3.92. The van der Waals surface area contributed by atoms with E-state index < -0.39 is 5.97 Å². The van der Waals surface area contributed by atoms with E-state index >= 15 is 0 Å². The summed E-state index contributed by atoms with van der Waals surface area (Å²) in [6.45, 7) is 1.98. The summed E-state index contributed by atoms with van der Waals surface area (Å²) in [6, 6.07) is 8.68. The van der Waals surface area contributed by atoms with E-state index in [0.29, 0.717) is 22.1 Å². The van der Waals surface area contributed by atoms with Crippen molar-refractivity contribution in [3.05, 3.63) is 51.2 Å². The molecule has 1 heterocycles. The molecule has 5 heteroatoms. The SMILES string of the molecule is COc1ccc(C(=O)COC(=O)c2cc3c(s2)CCC(C)C3)cc1. The fourth-order valence-electron chi connectivity index (χ4n) is 2.87. The van der Waals surface area contributed by atoms with Gasteiger partial charge in [-0.25, -0.2) is 4.79 Å². The van der Waals surface area contributed by atoms with E-state index in [1.165, 1.54) is 21.8 Å². The highest BCUT2D eigenvalue weighted by Gasteiger charge is 2.21. The summed E-state index contributed by atoms with van der Waals surface area (Å²) in [6.07, 6.45) is 3.21. The fraction of sp³-hybridized carbons (Fsp3) is 0.368. The van der Waals surface area contributed by atoms with Gasteiger partial charge in [0.2, 0.25) is 0 Å². The molecular weight excluding hydrogens is 324 g/mol. The highest BCUT2D eigenvalue weighted by Crippen LogP contribution is 2.32. The number of rotatable bonds is 5. The molecule has 1 aromatic carbocycles. The second kappa shape index (κ2) is 7.18. The Kier molecular flexibility index (Phi) is 5.00. The Hall–Kier alpha value is -2.14. The van der Waals surface area contributed by atoms with Crippen LogP contribution >= 0.6 is 11.3 Å². The molecule has 1 aliphatic rings. The van der Waals surface area contributed by atoms with Crippen LogP contribution in [0, 0.1) is 5.92 Å². The Bertz CT molecular complexity index is 745. The van der Waals surface area contributed by atoms with E-state index in [9.17, 15) is 9.59 Å². The minimum Gasteiger partial charge on any atom is -0.497 e. The Morgan fingerprint density at radius 1 is 1.25 bits per heavy atom. The smallest absolute Gasteiger partial charge is 0.348 e. The van der Waals surface area contributed by atoms with Crippen molar-refractivity contribution in [1.82, 2.24) is 0 Å². The lowest BCUT2D eigenvalue weighted by molar-refractivity contribution is 0.0479. The first-order chi connectivity index (χ1) is 11.6. The third kappa shape index (κ3) is 3.67. The second-order valence-electron chi connectivity index (χ2n) is 6.13. The van der Waals surface area contributed by atoms with Crippen molar-refractivity contribution in [3.8, 4) is 5.75 Å². The van der Waals surface area contributed by atoms with Crippen molar-refractivity contribution in [1.29, 1.82) is 0 Å². The molecule has 0 radical (unpaired) electrons. The van der Waals surface area contributed by atoms with E-state index in [2.05, 4.69) is 6.92 Å². The lowest BCUT2D eigenvalue weighted by Gasteiger charge is -2.16. The fourth-order valence-corrected chi connectivity index (χ4v) is 3.97. The Morgan fingerprint density at radius 2 is 2.00 bits per heavy atom. The molecule has 1 aromatic heterocycles. The van der Waals surface area contributed by atoms with Crippen LogP contribution in [0.2, 0.25) is 0 Å². The van der Waals surface area contributed by atoms with Crippen molar-refractivity contribution in [2.45, 2.75) is 26.2 Å². The Labute approximate surface area is 145 Å². The third-order valence-corrected chi connectivity index (χ3v) is 5.49. The molecule has 4 nitrogen and oxygen atoms in total. The average molecular weight is 344 g/mol. The van der Waals surface area contributed by atoms with Gasteiger partial charge in [-0.05, 0) is 61.1 Å². The molecule has 2 aromatic rings. The summed E-state index contributed by atoms with van der Waals surface area (Å²) in [4.78, 5) is 26.2. The van der Waals surface area contributed by atoms with Gasteiger partial charge in [0.25, 0.3) is 0 Å². The number of aryl methyl sites for hydroxylation is 1. The number of ether oxygens (including phenoxy) is 2. The molecule has 24 heavy (non-hydrogen) atoms. The summed E-state index contributed by atoms with van der Waals surface area (Å²) in [5.74, 6) is 0.708. The molecule has 3 rings (SSSR count). The van der Waals surface area contributed by atoms with Crippen LogP contribution in [0.4, 0.5) is 0 Å². The molecule has 0 N–H and O–H groups in total. The largest absolute Gasteiger partial charge is 0.497 e. The topological polar surface area (TPSA) is 52.6 Å². The van der Waals surface area contributed by atoms with Crippen LogP contribution in [-0.2, 0) is 17.6 Å². The van der Waals surface area contributed by atoms with Gasteiger partial charge in [0, 0.05) is 10.4 Å². The van der Waals surface area contributed by atoms with E-state index in [1.54, 1.807) is 31.4 Å². The van der Waals surface area contributed by atoms with Crippen LogP contribution in [-0.4, -0.2) is 25.5 Å². The lowest BCUT2D eigenvalue weighted by Crippen LogP contribution is -2.13. The van der Waals surface area contributed by atoms with Crippen LogP contribution in [0.1, 0.15) is 43.8 Å². The number of methoxy groups -OCH3 is 1. The quantitative estimate of drug-likeness (QED) is 0.609. The maximum Gasteiger partial charge on any atom is 0.348 e. The zero-order valence-electron chi connectivity index (χ0n) is 13.8. The van der Waals surface area contributed by atoms with E-state index in [1.807, 2.05) is 6.07 Å². The molecule has 0 bridgehead atoms. The number of esters is 1. The van der Waals surface area contributed by atoms with E-state index in [-0.39, 0.29) is 12.4 Å². The lowest BCUT2D eigenvalue weighted by atomic mass is 9.90. The zero-order chi connectivity index (χ0) is 17.1. The summed E-state index contributed by atoms with van der Waals surface area (Å²) in [5.41, 5.74) is 1.76. The number of thiophene rings is 1. The first-order valence-electron chi connectivity index (χ1n) is 8.02. The van der Waals surface area contributed by atoms with Gasteiger partial charge in [0.15, 0.2) is 12.4 Å². The number of carbonyl (C=O) groups is 2. The third-order valence-electron chi connectivity index (χ3n) is 4.28. The zero-order valence-corrected chi connectivity index (χ0v) is 14.7. The van der Waals surface area contributed by atoms with Gasteiger partial charge in [-0.1, -0.05) is 6.92 Å². The summed E-state index contributed by atoms with van der Waals surface area (Å²) in [5, 5.41) is 0. The van der Waals surface area contributed by atoms with Crippen molar-refractivity contribution < 1.29 is 19.1 Å². The number of fused-ring (bicyclic) bond motifs is 1. The number of Topliss-reactive ketones (excluding diaryl/α,β-unsaturated/α-hetero) is 1. The average Bonchev–Trinajstić information content (AvgIpc) is 3.02. The van der Waals surface area contributed by atoms with Gasteiger partial charge < -0.3 is 9.47 Å². The molecule has 0 amide bonds. The number of hydrogen-bond donors (Lipinski definition) is 0. The van der Waals surface area contributed by atoms with Crippen LogP contribution in [0.25, 0.3) is 0 Å². The molecule has 0 saturated carbocycles. The molecule has 1 aliphatic carbocycles. The van der Waals surface area contributed by atoms with Crippen LogP contribution in [0.3, 0.4) is 0 Å². The first kappa shape index (κ1) is 16.7. The van der Waals surface area contributed by atoms with Crippen LogP contribution < -0.4 is 4.74 Å². The molecule has 0 fully saturated rings. The normalized spacial score (nSPS) is 16.3. The van der Waals surface area contributed by atoms with Gasteiger partial charge in [0.05, 0.1) is 7.11 Å². The summed E-state index contributed by atoms with van der Waals surface area (Å²) in [7, 11) is 1.57. The van der Waals surface area contributed by atoms with Gasteiger partial charge in [-0.2, -0.15) is 0 Å². The monoisotopic (exact) mass is 344 g/mol. The highest BCUT2D eigenvalue weighted by molar-refractivity contribution is 7.14. The van der Waals surface area contributed by atoms with Gasteiger partial charge in [-0.3, -0.25) is 4.79 Å². The predicted molar refractivity (Wildman–Crippen MR) is 93.1 cm³/mol. The maximum atomic E-state index is 12.2. The molecule has 0 aliphatic heterocycles. The van der Waals surface area contributed by atoms with E-state index in [4.69, 9.17) is 9.47 Å². The number of hydrogen-bond acceptors (Lipinski definition) is 5. The first-order valence-corrected chi connectivity index (χ1v) is 8.84. The molecule has 0 saturated heterocycles. The van der Waals surface area contributed by atoms with Gasteiger partial charge in [-0.15, -0.1) is 11.3 Å². The maximum absolute atomic E-state index is 12.2. The summed E-state index contributed by atoms with van der Waals surface area (Å²) < 4.78 is 10.3. The number of carbonyl (C=O) groups excluding carboxylic acids is 2. The Morgan fingerprint density at radius 3 is 2.71 bits per heavy atom. The minimum absolute atomic E-state index is 0.221. The number of benzene rings is 1. The molecule has 126 valence electrons. The van der Waals surface area contributed by atoms with Crippen molar-refractivity contribution in [3.63, 3.8) is 0 Å². The van der Waals surface area contributed by atoms with Crippen molar-refractivity contribution in [2.75, 3.05) is 13.7 Å². The van der Waals surface area contributed by atoms with Crippen molar-refractivity contribution in [2.24, 2.45) is 5.92 Å². The number of ketones is 1. The van der Waals surface area contributed by atoms with Gasteiger partial charge in [0.1, 0.15) is 10.6 Å². The molecule has 1 unspecified atom stereocenters. The molecular formula is C19H20O4S. The minimum atomic E-state index is -0.413. The highest BCUT2D eigenvalue weighted by atomic mass is 32.1. The van der Waals surface area contributed by atoms with Crippen molar-refractivity contribution >= 4 is 23.1 Å². The summed E-state index contributed by atoms with van der Waals surface area (Å²) >= 11 is 1.50. The van der Waals surface area contributed by atoms with E-state index in [0.717, 1.165) is 19.3 Å². The van der Waals surface area contributed by atoms with Gasteiger partial charge >= 0.3 is 5.97 Å². The standard InChI is InChI=1S/C19H20O4S/c1-12-3-8-17-14(9-12)10-18(24-17)19(21)23-11-16(20)13-4-6-15(22-2)7-5-13/h4-7,10,12H,3,8-9,11H2,1-2H3. The Balaban J connectivity index is 1.60. The second-order valence-corrected chi connectivity index (χ2v) is 7.27. The molecule has 1 atom stereocenters. The van der Waals surface area contributed by atoms with Crippen LogP contribution in [0.15, 0.2) is 30.3 Å². The molecule has 0 spiro atoms. The van der Waals surface area contributed by atoms with Crippen LogP contribution in [0.5, 0.6) is 5.75 Å².